The van der Waals surface area contributed by atoms with Gasteiger partial charge in [-0.15, -0.1) is 0 Å². The molecule has 168 valence electrons. The van der Waals surface area contributed by atoms with Crippen LogP contribution in [0.5, 0.6) is 17.2 Å². The maximum Gasteiger partial charge on any atom is 0.336 e. The maximum absolute atomic E-state index is 13.0. The number of fused-ring (bicyclic) bond motifs is 1. The molecular weight excluding hydrogens is 412 g/mol. The topological polar surface area (TPSA) is 81.5 Å². The fraction of sp³-hybridized carbons (Fsp3) is 0.333. The summed E-state index contributed by atoms with van der Waals surface area (Å²) in [5.41, 5.74) is 1.61. The second-order valence-corrected chi connectivity index (χ2v) is 7.59. The molecule has 0 N–H and O–H groups in total. The normalized spacial score (nSPS) is 14.4. The molecule has 1 saturated heterocycles. The third kappa shape index (κ3) is 4.40. The van der Waals surface area contributed by atoms with Crippen molar-refractivity contribution in [3.63, 3.8) is 0 Å². The molecule has 8 nitrogen and oxygen atoms in total. The number of carbonyl (C=O) groups is 1. The number of carbonyl (C=O) groups excluding carboxylic acids is 1. The lowest BCUT2D eigenvalue weighted by molar-refractivity contribution is 0.0628. The average molecular weight is 438 g/mol. The number of hydrogen-bond donors (Lipinski definition) is 0. The summed E-state index contributed by atoms with van der Waals surface area (Å²) in [6.45, 7) is 3.18. The molecule has 1 fully saturated rings. The van der Waals surface area contributed by atoms with Crippen LogP contribution in [0.25, 0.3) is 11.0 Å². The summed E-state index contributed by atoms with van der Waals surface area (Å²) in [7, 11) is 4.72. The Kier molecular flexibility index (Phi) is 6.32. The quantitative estimate of drug-likeness (QED) is 0.548. The zero-order valence-electron chi connectivity index (χ0n) is 18.4. The van der Waals surface area contributed by atoms with Gasteiger partial charge in [0.15, 0.2) is 11.5 Å². The molecule has 3 aromatic rings. The summed E-state index contributed by atoms with van der Waals surface area (Å²) < 4.78 is 21.2. The van der Waals surface area contributed by atoms with Gasteiger partial charge >= 0.3 is 5.63 Å². The van der Waals surface area contributed by atoms with E-state index in [4.69, 9.17) is 18.6 Å². The number of amides is 1. The Morgan fingerprint density at radius 1 is 0.906 bits per heavy atom. The second kappa shape index (κ2) is 9.32. The van der Waals surface area contributed by atoms with Crippen molar-refractivity contribution in [2.24, 2.45) is 0 Å². The Morgan fingerprint density at radius 3 is 2.34 bits per heavy atom. The molecule has 0 unspecified atom stereocenters. The Labute approximate surface area is 185 Å². The van der Waals surface area contributed by atoms with Crippen LogP contribution in [0, 0.1) is 0 Å². The third-order valence-electron chi connectivity index (χ3n) is 5.72. The van der Waals surface area contributed by atoms with E-state index in [0.717, 1.165) is 10.9 Å². The lowest BCUT2D eigenvalue weighted by Gasteiger charge is -2.35. The SMILES string of the molecule is COc1ccc2oc(=O)cc(CN3CCN(C(=O)c4ccc(OC)c(OC)c4)CC3)c2c1. The predicted octanol–water partition coefficient (Wildman–Crippen LogP) is 2.78. The first-order chi connectivity index (χ1) is 15.5. The predicted molar refractivity (Wildman–Crippen MR) is 120 cm³/mol. The third-order valence-corrected chi connectivity index (χ3v) is 5.72. The first-order valence-electron chi connectivity index (χ1n) is 10.4. The summed E-state index contributed by atoms with van der Waals surface area (Å²) in [6.07, 6.45) is 0. The van der Waals surface area contributed by atoms with Crippen LogP contribution in [0.4, 0.5) is 0 Å². The average Bonchev–Trinajstić information content (AvgIpc) is 2.83. The number of benzene rings is 2. The largest absolute Gasteiger partial charge is 0.497 e. The summed E-state index contributed by atoms with van der Waals surface area (Å²) in [6, 6.07) is 12.1. The number of piperazine rings is 1. The fourth-order valence-electron chi connectivity index (χ4n) is 3.97. The Bertz CT molecular complexity index is 1180. The van der Waals surface area contributed by atoms with E-state index in [1.807, 2.05) is 11.0 Å². The van der Waals surface area contributed by atoms with E-state index >= 15 is 0 Å². The Hall–Kier alpha value is -3.52. The highest BCUT2D eigenvalue weighted by atomic mass is 16.5. The van der Waals surface area contributed by atoms with E-state index in [1.165, 1.54) is 6.07 Å². The van der Waals surface area contributed by atoms with Crippen LogP contribution in [0.15, 0.2) is 51.7 Å². The highest BCUT2D eigenvalue weighted by Crippen LogP contribution is 2.28. The van der Waals surface area contributed by atoms with Crippen molar-refractivity contribution in [2.45, 2.75) is 6.54 Å². The van der Waals surface area contributed by atoms with Gasteiger partial charge in [0.1, 0.15) is 11.3 Å². The molecular formula is C24H26N2O6. The zero-order chi connectivity index (χ0) is 22.7. The van der Waals surface area contributed by atoms with Gasteiger partial charge in [0.25, 0.3) is 5.91 Å². The van der Waals surface area contributed by atoms with Gasteiger partial charge in [0.2, 0.25) is 0 Å². The van der Waals surface area contributed by atoms with Gasteiger partial charge in [-0.1, -0.05) is 0 Å². The van der Waals surface area contributed by atoms with Crippen molar-refractivity contribution in [1.29, 1.82) is 0 Å². The maximum atomic E-state index is 13.0. The zero-order valence-corrected chi connectivity index (χ0v) is 18.4. The molecule has 2 heterocycles. The molecule has 8 heteroatoms. The van der Waals surface area contributed by atoms with Crippen molar-refractivity contribution in [3.05, 3.63) is 64.0 Å². The number of hydrogen-bond acceptors (Lipinski definition) is 7. The van der Waals surface area contributed by atoms with Crippen molar-refractivity contribution in [3.8, 4) is 17.2 Å². The van der Waals surface area contributed by atoms with E-state index in [-0.39, 0.29) is 11.5 Å². The van der Waals surface area contributed by atoms with Crippen molar-refractivity contribution >= 4 is 16.9 Å². The van der Waals surface area contributed by atoms with Crippen molar-refractivity contribution in [1.82, 2.24) is 9.80 Å². The van der Waals surface area contributed by atoms with Gasteiger partial charge in [0, 0.05) is 49.7 Å². The first-order valence-corrected chi connectivity index (χ1v) is 10.4. The van der Waals surface area contributed by atoms with Crippen LogP contribution in [0.3, 0.4) is 0 Å². The monoisotopic (exact) mass is 438 g/mol. The minimum atomic E-state index is -0.375. The number of nitrogens with zero attached hydrogens (tertiary/aromatic N) is 2. The summed E-state index contributed by atoms with van der Waals surface area (Å²) in [5.74, 6) is 1.78. The molecule has 0 saturated carbocycles. The van der Waals surface area contributed by atoms with Gasteiger partial charge < -0.3 is 23.5 Å². The molecule has 0 aliphatic carbocycles. The molecule has 0 atom stereocenters. The highest BCUT2D eigenvalue weighted by Gasteiger charge is 2.24. The fourth-order valence-corrected chi connectivity index (χ4v) is 3.97. The summed E-state index contributed by atoms with van der Waals surface area (Å²) >= 11 is 0. The lowest BCUT2D eigenvalue weighted by Crippen LogP contribution is -2.48. The van der Waals surface area contributed by atoms with Crippen LogP contribution >= 0.6 is 0 Å². The van der Waals surface area contributed by atoms with Gasteiger partial charge in [-0.25, -0.2) is 4.79 Å². The smallest absolute Gasteiger partial charge is 0.336 e. The van der Waals surface area contributed by atoms with E-state index in [1.54, 1.807) is 51.7 Å². The number of rotatable bonds is 6. The Morgan fingerprint density at radius 2 is 1.66 bits per heavy atom. The van der Waals surface area contributed by atoms with Crippen LogP contribution in [-0.4, -0.2) is 63.2 Å². The standard InChI is InChI=1S/C24H26N2O6/c1-29-18-5-7-20-19(14-18)17(13-23(27)32-20)15-25-8-10-26(11-9-25)24(28)16-4-6-21(30-2)22(12-16)31-3/h4-7,12-14H,8-11,15H2,1-3H3. The summed E-state index contributed by atoms with van der Waals surface area (Å²) in [5, 5.41) is 0.854. The van der Waals surface area contributed by atoms with Crippen LogP contribution in [-0.2, 0) is 6.54 Å². The van der Waals surface area contributed by atoms with Crippen LogP contribution < -0.4 is 19.8 Å². The van der Waals surface area contributed by atoms with E-state index in [0.29, 0.717) is 61.1 Å². The van der Waals surface area contributed by atoms with Crippen molar-refractivity contribution in [2.75, 3.05) is 47.5 Å². The second-order valence-electron chi connectivity index (χ2n) is 7.59. The molecule has 1 aliphatic rings. The highest BCUT2D eigenvalue weighted by molar-refractivity contribution is 5.95. The minimum Gasteiger partial charge on any atom is -0.497 e. The van der Waals surface area contributed by atoms with Gasteiger partial charge in [-0.2, -0.15) is 0 Å². The van der Waals surface area contributed by atoms with Gasteiger partial charge in [-0.3, -0.25) is 9.69 Å². The van der Waals surface area contributed by atoms with Crippen molar-refractivity contribution < 1.29 is 23.4 Å². The van der Waals surface area contributed by atoms with Crippen LogP contribution in [0.2, 0.25) is 0 Å². The van der Waals surface area contributed by atoms with E-state index in [9.17, 15) is 9.59 Å². The molecule has 0 spiro atoms. The minimum absolute atomic E-state index is 0.0406. The van der Waals surface area contributed by atoms with Gasteiger partial charge in [0.05, 0.1) is 21.3 Å². The molecule has 4 rings (SSSR count). The van der Waals surface area contributed by atoms with E-state index < -0.39 is 0 Å². The molecule has 1 amide bonds. The summed E-state index contributed by atoms with van der Waals surface area (Å²) in [4.78, 5) is 29.0. The van der Waals surface area contributed by atoms with Gasteiger partial charge in [-0.05, 0) is 42.0 Å². The molecule has 32 heavy (non-hydrogen) atoms. The van der Waals surface area contributed by atoms with Crippen LogP contribution in [0.1, 0.15) is 15.9 Å². The first kappa shape index (κ1) is 21.7. The van der Waals surface area contributed by atoms with E-state index in [2.05, 4.69) is 4.90 Å². The lowest BCUT2D eigenvalue weighted by atomic mass is 10.1. The molecule has 2 aromatic carbocycles. The molecule has 0 bridgehead atoms. The molecule has 0 radical (unpaired) electrons. The Balaban J connectivity index is 1.45. The number of methoxy groups -OCH3 is 3. The number of ether oxygens (including phenoxy) is 3. The molecule has 1 aromatic heterocycles. The molecule has 1 aliphatic heterocycles.